The Balaban J connectivity index is 2.19. The maximum Gasteiger partial charge on any atom is 0.331 e. The molecular formula is C11H10N3O3PS. The summed E-state index contributed by atoms with van der Waals surface area (Å²) in [7, 11) is -4.15. The zero-order valence-electron chi connectivity index (χ0n) is 9.67. The highest BCUT2D eigenvalue weighted by atomic mass is 32.1. The van der Waals surface area contributed by atoms with E-state index >= 15 is 0 Å². The van der Waals surface area contributed by atoms with Gasteiger partial charge in [0, 0.05) is 6.07 Å². The van der Waals surface area contributed by atoms with E-state index in [4.69, 9.17) is 9.79 Å². The van der Waals surface area contributed by atoms with Crippen molar-refractivity contribution in [1.82, 2.24) is 14.6 Å². The van der Waals surface area contributed by atoms with Crippen LogP contribution in [0.2, 0.25) is 0 Å². The van der Waals surface area contributed by atoms with Crippen molar-refractivity contribution in [3.8, 4) is 10.6 Å². The Labute approximate surface area is 112 Å². The highest BCUT2D eigenvalue weighted by Gasteiger charge is 2.18. The van der Waals surface area contributed by atoms with Crippen LogP contribution in [0, 0.1) is 0 Å². The normalized spacial score (nSPS) is 12.1. The fourth-order valence-electron chi connectivity index (χ4n) is 1.85. The summed E-state index contributed by atoms with van der Waals surface area (Å²) in [6.07, 6.45) is 1.20. The molecule has 0 aliphatic rings. The van der Waals surface area contributed by atoms with Crippen molar-refractivity contribution in [3.05, 3.63) is 41.5 Å². The zero-order chi connectivity index (χ0) is 13.5. The van der Waals surface area contributed by atoms with E-state index in [1.807, 2.05) is 17.5 Å². The second kappa shape index (κ2) is 4.54. The number of nitrogens with zero attached hydrogens (tertiary/aromatic N) is 3. The fourth-order valence-corrected chi connectivity index (χ4v) is 3.18. The number of hydrogen-bond acceptors (Lipinski definition) is 4. The van der Waals surface area contributed by atoms with Gasteiger partial charge < -0.3 is 9.79 Å². The second-order valence-electron chi connectivity index (χ2n) is 4.03. The van der Waals surface area contributed by atoms with Gasteiger partial charge in [-0.15, -0.1) is 11.3 Å². The van der Waals surface area contributed by atoms with Gasteiger partial charge in [0.2, 0.25) is 0 Å². The van der Waals surface area contributed by atoms with Crippen molar-refractivity contribution in [1.29, 1.82) is 0 Å². The minimum absolute atomic E-state index is 0.355. The topological polar surface area (TPSA) is 87.7 Å². The van der Waals surface area contributed by atoms with Crippen molar-refractivity contribution in [2.45, 2.75) is 6.16 Å². The summed E-state index contributed by atoms with van der Waals surface area (Å²) in [5.74, 6) is 0. The van der Waals surface area contributed by atoms with Gasteiger partial charge in [-0.3, -0.25) is 4.57 Å². The first-order valence-electron chi connectivity index (χ1n) is 5.45. The van der Waals surface area contributed by atoms with E-state index in [1.54, 1.807) is 18.3 Å². The highest BCUT2D eigenvalue weighted by molar-refractivity contribution is 7.50. The SMILES string of the molecule is O=P(O)(O)Cc1cc(-c2cccs2)nc2ccnn12. The average molecular weight is 295 g/mol. The minimum atomic E-state index is -4.15. The van der Waals surface area contributed by atoms with E-state index in [9.17, 15) is 4.57 Å². The highest BCUT2D eigenvalue weighted by Crippen LogP contribution is 2.39. The Kier molecular flexibility index (Phi) is 2.99. The first kappa shape index (κ1) is 12.5. The molecule has 8 heteroatoms. The predicted molar refractivity (Wildman–Crippen MR) is 72.0 cm³/mol. The molecule has 0 unspecified atom stereocenters. The number of fused-ring (bicyclic) bond motifs is 1. The van der Waals surface area contributed by atoms with Crippen LogP contribution in [0.3, 0.4) is 0 Å². The van der Waals surface area contributed by atoms with Crippen LogP contribution in [0.4, 0.5) is 0 Å². The number of rotatable bonds is 3. The van der Waals surface area contributed by atoms with E-state index in [-0.39, 0.29) is 6.16 Å². The van der Waals surface area contributed by atoms with Crippen LogP contribution in [-0.4, -0.2) is 24.4 Å². The lowest BCUT2D eigenvalue weighted by Crippen LogP contribution is -2.02. The largest absolute Gasteiger partial charge is 0.331 e. The molecule has 19 heavy (non-hydrogen) atoms. The maximum atomic E-state index is 11.2. The Morgan fingerprint density at radius 3 is 2.89 bits per heavy atom. The zero-order valence-corrected chi connectivity index (χ0v) is 11.4. The number of hydrogen-bond donors (Lipinski definition) is 2. The van der Waals surface area contributed by atoms with Crippen LogP contribution in [0.1, 0.15) is 5.69 Å². The van der Waals surface area contributed by atoms with E-state index in [1.165, 1.54) is 15.9 Å². The first-order valence-corrected chi connectivity index (χ1v) is 8.13. The molecule has 2 N–H and O–H groups in total. The summed E-state index contributed by atoms with van der Waals surface area (Å²) in [6, 6.07) is 7.21. The molecule has 3 heterocycles. The maximum absolute atomic E-state index is 11.2. The smallest absolute Gasteiger partial charge is 0.324 e. The van der Waals surface area contributed by atoms with Gasteiger partial charge >= 0.3 is 7.60 Å². The summed E-state index contributed by atoms with van der Waals surface area (Å²) in [6.45, 7) is 0. The Morgan fingerprint density at radius 1 is 1.37 bits per heavy atom. The van der Waals surface area contributed by atoms with Crippen molar-refractivity contribution >= 4 is 24.6 Å². The summed E-state index contributed by atoms with van der Waals surface area (Å²) >= 11 is 1.53. The Morgan fingerprint density at radius 2 is 2.21 bits per heavy atom. The van der Waals surface area contributed by atoms with Crippen LogP contribution in [-0.2, 0) is 10.7 Å². The van der Waals surface area contributed by atoms with Gasteiger partial charge in [0.05, 0.1) is 28.6 Å². The van der Waals surface area contributed by atoms with Crippen LogP contribution in [0.5, 0.6) is 0 Å². The first-order chi connectivity index (χ1) is 9.03. The second-order valence-corrected chi connectivity index (χ2v) is 6.63. The van der Waals surface area contributed by atoms with Gasteiger partial charge in [-0.25, -0.2) is 9.50 Å². The Hall–Kier alpha value is -1.53. The molecule has 3 rings (SSSR count). The van der Waals surface area contributed by atoms with Gasteiger partial charge in [0.15, 0.2) is 5.65 Å². The van der Waals surface area contributed by atoms with Gasteiger partial charge in [0.1, 0.15) is 0 Å². The molecule has 0 aliphatic carbocycles. The van der Waals surface area contributed by atoms with Gasteiger partial charge in [0.25, 0.3) is 0 Å². The quantitative estimate of drug-likeness (QED) is 0.723. The van der Waals surface area contributed by atoms with Crippen LogP contribution in [0.15, 0.2) is 35.8 Å². The lowest BCUT2D eigenvalue weighted by molar-refractivity contribution is 0.370. The molecule has 0 saturated heterocycles. The molecule has 0 fully saturated rings. The van der Waals surface area contributed by atoms with E-state index in [2.05, 4.69) is 10.1 Å². The molecule has 3 aromatic rings. The summed E-state index contributed by atoms with van der Waals surface area (Å²) < 4.78 is 12.7. The van der Waals surface area contributed by atoms with Gasteiger partial charge in [-0.2, -0.15) is 5.10 Å². The summed E-state index contributed by atoms with van der Waals surface area (Å²) in [5, 5.41) is 5.97. The third-order valence-corrected chi connectivity index (χ3v) is 4.20. The Bertz CT molecular complexity index is 763. The predicted octanol–water partition coefficient (Wildman–Crippen LogP) is 2.14. The molecule has 0 amide bonds. The molecule has 3 aromatic heterocycles. The van der Waals surface area contributed by atoms with Gasteiger partial charge in [-0.1, -0.05) is 6.07 Å². The molecule has 0 bridgehead atoms. The minimum Gasteiger partial charge on any atom is -0.324 e. The fraction of sp³-hybridized carbons (Fsp3) is 0.0909. The van der Waals surface area contributed by atoms with Crippen molar-refractivity contribution in [2.24, 2.45) is 0 Å². The van der Waals surface area contributed by atoms with Crippen molar-refractivity contribution in [3.63, 3.8) is 0 Å². The molecule has 0 saturated carbocycles. The molecule has 0 radical (unpaired) electrons. The molecule has 6 nitrogen and oxygen atoms in total. The van der Waals surface area contributed by atoms with E-state index in [0.717, 1.165) is 4.88 Å². The number of thiophene rings is 1. The average Bonchev–Trinajstić information content (AvgIpc) is 2.97. The molecule has 0 aliphatic heterocycles. The van der Waals surface area contributed by atoms with Gasteiger partial charge in [-0.05, 0) is 17.5 Å². The molecule has 0 atom stereocenters. The van der Waals surface area contributed by atoms with E-state index < -0.39 is 7.60 Å². The molecular weight excluding hydrogens is 285 g/mol. The molecule has 0 aromatic carbocycles. The standard InChI is InChI=1S/C11H10N3O3PS/c15-18(16,17)7-8-6-9(10-2-1-5-19-10)13-11-3-4-12-14(8)11/h1-6H,7H2,(H2,15,16,17). The molecule has 98 valence electrons. The van der Waals surface area contributed by atoms with Crippen molar-refractivity contribution in [2.75, 3.05) is 0 Å². The molecule has 0 spiro atoms. The summed E-state index contributed by atoms with van der Waals surface area (Å²) in [5.41, 5.74) is 1.73. The summed E-state index contributed by atoms with van der Waals surface area (Å²) in [4.78, 5) is 23.7. The lowest BCUT2D eigenvalue weighted by atomic mass is 10.3. The third kappa shape index (κ3) is 2.59. The van der Waals surface area contributed by atoms with Crippen LogP contribution >= 0.6 is 18.9 Å². The number of aromatic nitrogens is 3. The van der Waals surface area contributed by atoms with Crippen LogP contribution in [0.25, 0.3) is 16.2 Å². The lowest BCUT2D eigenvalue weighted by Gasteiger charge is -2.08. The monoisotopic (exact) mass is 295 g/mol. The van der Waals surface area contributed by atoms with Crippen molar-refractivity contribution < 1.29 is 14.4 Å². The van der Waals surface area contributed by atoms with E-state index in [0.29, 0.717) is 17.0 Å². The third-order valence-electron chi connectivity index (χ3n) is 2.57. The van der Waals surface area contributed by atoms with Crippen LogP contribution < -0.4 is 0 Å².